The lowest BCUT2D eigenvalue weighted by Gasteiger charge is -2.33. The van der Waals surface area contributed by atoms with Gasteiger partial charge in [-0.1, -0.05) is 12.1 Å². The van der Waals surface area contributed by atoms with E-state index >= 15 is 0 Å². The standard InChI is InChI=1S/C20H28N4O3/c1-20(2,3)27-19(25)24-11-8-14(9-12-24)10-13-26-18-17(21)22-15-6-4-5-7-16(15)23-18/h4-7,14H,8-13H2,1-3H3,(H2,21,22). The molecular weight excluding hydrogens is 344 g/mol. The summed E-state index contributed by atoms with van der Waals surface area (Å²) in [5, 5.41) is 0. The number of nitrogen functional groups attached to an aromatic ring is 1. The Kier molecular flexibility index (Phi) is 5.68. The van der Waals surface area contributed by atoms with E-state index in [2.05, 4.69) is 9.97 Å². The molecule has 0 spiro atoms. The fraction of sp³-hybridized carbons (Fsp3) is 0.550. The number of hydrogen-bond acceptors (Lipinski definition) is 6. The summed E-state index contributed by atoms with van der Waals surface area (Å²) in [5.41, 5.74) is 7.03. The highest BCUT2D eigenvalue weighted by Gasteiger charge is 2.26. The molecular formula is C20H28N4O3. The van der Waals surface area contributed by atoms with Gasteiger partial charge in [-0.3, -0.25) is 0 Å². The van der Waals surface area contributed by atoms with Crippen LogP contribution in [0.5, 0.6) is 5.88 Å². The lowest BCUT2D eigenvalue weighted by atomic mass is 9.94. The van der Waals surface area contributed by atoms with Crippen molar-refractivity contribution in [2.45, 2.75) is 45.6 Å². The maximum atomic E-state index is 12.1. The largest absolute Gasteiger partial charge is 0.475 e. The van der Waals surface area contributed by atoms with Crippen LogP contribution in [0, 0.1) is 5.92 Å². The zero-order valence-electron chi connectivity index (χ0n) is 16.3. The van der Waals surface area contributed by atoms with Crippen LogP contribution < -0.4 is 10.5 Å². The number of carbonyl (C=O) groups excluding carboxylic acids is 1. The number of fused-ring (bicyclic) bond motifs is 1. The van der Waals surface area contributed by atoms with Crippen molar-refractivity contribution in [2.24, 2.45) is 5.92 Å². The molecule has 7 nitrogen and oxygen atoms in total. The van der Waals surface area contributed by atoms with Gasteiger partial charge in [-0.25, -0.2) is 14.8 Å². The summed E-state index contributed by atoms with van der Waals surface area (Å²) in [6, 6.07) is 7.58. The first-order chi connectivity index (χ1) is 12.8. The van der Waals surface area contributed by atoms with Crippen molar-refractivity contribution in [1.82, 2.24) is 14.9 Å². The van der Waals surface area contributed by atoms with Crippen molar-refractivity contribution in [1.29, 1.82) is 0 Å². The fourth-order valence-electron chi connectivity index (χ4n) is 3.16. The maximum Gasteiger partial charge on any atom is 0.410 e. The minimum atomic E-state index is -0.456. The van der Waals surface area contributed by atoms with Crippen molar-refractivity contribution < 1.29 is 14.3 Å². The fourth-order valence-corrected chi connectivity index (χ4v) is 3.16. The molecule has 0 aliphatic carbocycles. The molecule has 2 heterocycles. The summed E-state index contributed by atoms with van der Waals surface area (Å²) < 4.78 is 11.2. The van der Waals surface area contributed by atoms with Gasteiger partial charge in [0.1, 0.15) is 5.60 Å². The van der Waals surface area contributed by atoms with Gasteiger partial charge in [-0.15, -0.1) is 0 Å². The predicted octanol–water partition coefficient (Wildman–Crippen LogP) is 3.63. The number of benzene rings is 1. The topological polar surface area (TPSA) is 90.6 Å². The minimum absolute atomic E-state index is 0.226. The molecule has 1 saturated heterocycles. The summed E-state index contributed by atoms with van der Waals surface area (Å²) in [6.07, 6.45) is 2.57. The van der Waals surface area contributed by atoms with Crippen LogP contribution in [0.3, 0.4) is 0 Å². The molecule has 0 saturated carbocycles. The molecule has 1 aliphatic heterocycles. The Hall–Kier alpha value is -2.57. The van der Waals surface area contributed by atoms with Gasteiger partial charge in [0.15, 0.2) is 5.82 Å². The summed E-state index contributed by atoms with van der Waals surface area (Å²) in [5.74, 6) is 1.21. The Morgan fingerprint density at radius 1 is 1.19 bits per heavy atom. The number of amides is 1. The normalized spacial score (nSPS) is 15.7. The molecule has 146 valence electrons. The molecule has 0 atom stereocenters. The zero-order valence-corrected chi connectivity index (χ0v) is 16.3. The second-order valence-corrected chi connectivity index (χ2v) is 7.95. The van der Waals surface area contributed by atoms with E-state index in [1.165, 1.54) is 0 Å². The lowest BCUT2D eigenvalue weighted by molar-refractivity contribution is 0.0177. The van der Waals surface area contributed by atoms with Gasteiger partial charge >= 0.3 is 6.09 Å². The van der Waals surface area contributed by atoms with Crippen molar-refractivity contribution in [3.63, 3.8) is 0 Å². The quantitative estimate of drug-likeness (QED) is 0.881. The molecule has 1 amide bonds. The molecule has 2 N–H and O–H groups in total. The Morgan fingerprint density at radius 2 is 1.81 bits per heavy atom. The second kappa shape index (κ2) is 7.98. The van der Waals surface area contributed by atoms with E-state index in [4.69, 9.17) is 15.2 Å². The van der Waals surface area contributed by atoms with Crippen molar-refractivity contribution in [3.05, 3.63) is 24.3 Å². The third-order valence-electron chi connectivity index (χ3n) is 4.59. The van der Waals surface area contributed by atoms with Crippen LogP contribution in [-0.4, -0.2) is 46.3 Å². The SMILES string of the molecule is CC(C)(C)OC(=O)N1CCC(CCOc2nc3ccccc3nc2N)CC1. The van der Waals surface area contributed by atoms with Crippen LogP contribution in [0.25, 0.3) is 11.0 Å². The molecule has 3 rings (SSSR count). The van der Waals surface area contributed by atoms with E-state index in [9.17, 15) is 4.79 Å². The molecule has 1 aromatic carbocycles. The summed E-state index contributed by atoms with van der Waals surface area (Å²) >= 11 is 0. The Bertz CT molecular complexity index is 795. The number of rotatable bonds is 4. The molecule has 1 fully saturated rings. The van der Waals surface area contributed by atoms with Gasteiger partial charge < -0.3 is 20.1 Å². The number of hydrogen-bond donors (Lipinski definition) is 1. The van der Waals surface area contributed by atoms with Gasteiger partial charge in [-0.05, 0) is 58.1 Å². The van der Waals surface area contributed by atoms with Crippen LogP contribution in [0.1, 0.15) is 40.0 Å². The van der Waals surface area contributed by atoms with E-state index in [1.807, 2.05) is 45.0 Å². The Labute approximate surface area is 159 Å². The first-order valence-electron chi connectivity index (χ1n) is 9.45. The van der Waals surface area contributed by atoms with E-state index in [0.717, 1.165) is 43.4 Å². The number of piperidine rings is 1. The summed E-state index contributed by atoms with van der Waals surface area (Å²) in [6.45, 7) is 7.63. The molecule has 1 aromatic heterocycles. The number of anilines is 1. The highest BCUT2D eigenvalue weighted by atomic mass is 16.6. The zero-order chi connectivity index (χ0) is 19.4. The number of para-hydroxylation sites is 2. The number of carbonyl (C=O) groups is 1. The van der Waals surface area contributed by atoms with Crippen molar-refractivity contribution in [2.75, 3.05) is 25.4 Å². The molecule has 7 heteroatoms. The third-order valence-corrected chi connectivity index (χ3v) is 4.59. The van der Waals surface area contributed by atoms with E-state index in [-0.39, 0.29) is 6.09 Å². The second-order valence-electron chi connectivity index (χ2n) is 7.95. The number of nitrogens with two attached hydrogens (primary N) is 1. The number of likely N-dealkylation sites (tertiary alicyclic amines) is 1. The lowest BCUT2D eigenvalue weighted by Crippen LogP contribution is -2.41. The van der Waals surface area contributed by atoms with Gasteiger partial charge in [0.2, 0.25) is 0 Å². The van der Waals surface area contributed by atoms with Crippen LogP contribution in [0.4, 0.5) is 10.6 Å². The number of aromatic nitrogens is 2. The predicted molar refractivity (Wildman–Crippen MR) is 105 cm³/mol. The first kappa shape index (κ1) is 19.2. The first-order valence-corrected chi connectivity index (χ1v) is 9.45. The Balaban J connectivity index is 1.46. The molecule has 1 aliphatic rings. The summed E-state index contributed by atoms with van der Waals surface area (Å²) in [7, 11) is 0. The molecule has 0 radical (unpaired) electrons. The molecule has 2 aromatic rings. The molecule has 0 unspecified atom stereocenters. The van der Waals surface area contributed by atoms with Crippen LogP contribution in [-0.2, 0) is 4.74 Å². The third kappa shape index (κ3) is 5.21. The van der Waals surface area contributed by atoms with E-state index in [0.29, 0.717) is 24.2 Å². The van der Waals surface area contributed by atoms with Gasteiger partial charge in [0, 0.05) is 13.1 Å². The number of ether oxygens (including phenoxy) is 2. The van der Waals surface area contributed by atoms with Crippen LogP contribution >= 0.6 is 0 Å². The Morgan fingerprint density at radius 3 is 2.44 bits per heavy atom. The van der Waals surface area contributed by atoms with Crippen molar-refractivity contribution >= 4 is 22.9 Å². The van der Waals surface area contributed by atoms with Crippen molar-refractivity contribution in [3.8, 4) is 5.88 Å². The van der Waals surface area contributed by atoms with E-state index < -0.39 is 5.60 Å². The minimum Gasteiger partial charge on any atom is -0.475 e. The van der Waals surface area contributed by atoms with E-state index in [1.54, 1.807) is 4.90 Å². The van der Waals surface area contributed by atoms with Gasteiger partial charge in [0.05, 0.1) is 17.6 Å². The smallest absolute Gasteiger partial charge is 0.410 e. The summed E-state index contributed by atoms with van der Waals surface area (Å²) in [4.78, 5) is 22.7. The maximum absolute atomic E-state index is 12.1. The monoisotopic (exact) mass is 372 g/mol. The van der Waals surface area contributed by atoms with Crippen LogP contribution in [0.15, 0.2) is 24.3 Å². The molecule has 27 heavy (non-hydrogen) atoms. The van der Waals surface area contributed by atoms with Gasteiger partial charge in [-0.2, -0.15) is 0 Å². The highest BCUT2D eigenvalue weighted by Crippen LogP contribution is 2.24. The average Bonchev–Trinajstić information content (AvgIpc) is 2.61. The van der Waals surface area contributed by atoms with Gasteiger partial charge in [0.25, 0.3) is 5.88 Å². The highest BCUT2D eigenvalue weighted by molar-refractivity contribution is 5.76. The number of nitrogens with zero attached hydrogens (tertiary/aromatic N) is 3. The van der Waals surface area contributed by atoms with Crippen LogP contribution in [0.2, 0.25) is 0 Å². The average molecular weight is 372 g/mol. The molecule has 0 bridgehead atoms.